The smallest absolute Gasteiger partial charge is 0.124 e. The van der Waals surface area contributed by atoms with Crippen molar-refractivity contribution < 1.29 is 0 Å². The molecule has 0 aliphatic rings. The summed E-state index contributed by atoms with van der Waals surface area (Å²) < 4.78 is 1.26. The van der Waals surface area contributed by atoms with Crippen molar-refractivity contribution in [3.8, 4) is 10.6 Å². The Morgan fingerprint density at radius 3 is 2.40 bits per heavy atom. The molecular formula is C16H12N2S2. The molecule has 0 aliphatic heterocycles. The molecule has 1 heterocycles. The number of thiocarbonyl (C=S) groups is 1. The minimum Gasteiger partial charge on any atom is -0.236 e. The highest BCUT2D eigenvalue weighted by Gasteiger charge is 2.09. The van der Waals surface area contributed by atoms with Gasteiger partial charge in [-0.1, -0.05) is 12.1 Å². The van der Waals surface area contributed by atoms with Crippen molar-refractivity contribution in [3.05, 3.63) is 47.5 Å². The van der Waals surface area contributed by atoms with E-state index in [0.29, 0.717) is 0 Å². The number of fused-ring (bicyclic) bond motifs is 1. The fraction of sp³-hybridized carbons (Fsp3) is 0.125. The molecule has 0 saturated carbocycles. The molecule has 0 radical (unpaired) electrons. The number of hydrogen-bond donors (Lipinski definition) is 0. The number of thiazole rings is 1. The molecule has 3 rings (SSSR count). The van der Waals surface area contributed by atoms with Crippen molar-refractivity contribution in [3.63, 3.8) is 0 Å². The summed E-state index contributed by atoms with van der Waals surface area (Å²) in [5.41, 5.74) is 5.52. The Morgan fingerprint density at radius 2 is 1.75 bits per heavy atom. The molecule has 4 heteroatoms. The van der Waals surface area contributed by atoms with Gasteiger partial charge in [-0.2, -0.15) is 4.99 Å². The SMILES string of the molecule is Cc1ccc(C)c2sc(-c3ccc(N=C=S)cc3)nc12. The summed E-state index contributed by atoms with van der Waals surface area (Å²) in [6.45, 7) is 4.23. The third-order valence-corrected chi connectivity index (χ3v) is 4.56. The van der Waals surface area contributed by atoms with E-state index in [1.54, 1.807) is 11.3 Å². The maximum absolute atomic E-state index is 4.77. The molecule has 0 amide bonds. The van der Waals surface area contributed by atoms with Gasteiger partial charge in [0.25, 0.3) is 0 Å². The number of benzene rings is 2. The minimum absolute atomic E-state index is 0.817. The van der Waals surface area contributed by atoms with Gasteiger partial charge in [0.15, 0.2) is 0 Å². The van der Waals surface area contributed by atoms with Crippen LogP contribution < -0.4 is 0 Å². The fourth-order valence-electron chi connectivity index (χ4n) is 2.11. The first-order valence-electron chi connectivity index (χ1n) is 6.24. The lowest BCUT2D eigenvalue weighted by molar-refractivity contribution is 1.40. The molecule has 2 nitrogen and oxygen atoms in total. The molecule has 0 fully saturated rings. The summed E-state index contributed by atoms with van der Waals surface area (Å²) in [4.78, 5) is 8.73. The molecular weight excluding hydrogens is 284 g/mol. The summed E-state index contributed by atoms with van der Waals surface area (Å²) in [7, 11) is 0. The van der Waals surface area contributed by atoms with E-state index in [1.165, 1.54) is 15.8 Å². The van der Waals surface area contributed by atoms with Crippen molar-refractivity contribution >= 4 is 44.6 Å². The average Bonchev–Trinajstić information content (AvgIpc) is 2.91. The van der Waals surface area contributed by atoms with Gasteiger partial charge in [-0.15, -0.1) is 11.3 Å². The number of nitrogens with zero attached hydrogens (tertiary/aromatic N) is 2. The monoisotopic (exact) mass is 296 g/mol. The van der Waals surface area contributed by atoms with Crippen LogP contribution in [0.25, 0.3) is 20.8 Å². The first kappa shape index (κ1) is 13.1. The van der Waals surface area contributed by atoms with Gasteiger partial charge in [0.2, 0.25) is 0 Å². The molecule has 20 heavy (non-hydrogen) atoms. The maximum atomic E-state index is 4.77. The zero-order chi connectivity index (χ0) is 14.1. The normalized spacial score (nSPS) is 10.5. The Morgan fingerprint density at radius 1 is 1.05 bits per heavy atom. The molecule has 3 aromatic rings. The van der Waals surface area contributed by atoms with Crippen LogP contribution in [0.4, 0.5) is 5.69 Å². The predicted octanol–water partition coefficient (Wildman–Crippen LogP) is 5.31. The van der Waals surface area contributed by atoms with Gasteiger partial charge >= 0.3 is 0 Å². The van der Waals surface area contributed by atoms with E-state index in [0.717, 1.165) is 21.8 Å². The van der Waals surface area contributed by atoms with Gasteiger partial charge in [0, 0.05) is 5.56 Å². The van der Waals surface area contributed by atoms with Gasteiger partial charge in [-0.25, -0.2) is 4.98 Å². The Bertz CT molecular complexity index is 787. The Hall–Kier alpha value is -1.87. The van der Waals surface area contributed by atoms with Crippen molar-refractivity contribution in [2.24, 2.45) is 4.99 Å². The molecule has 0 unspecified atom stereocenters. The van der Waals surface area contributed by atoms with Crippen LogP contribution in [-0.4, -0.2) is 10.1 Å². The van der Waals surface area contributed by atoms with Crippen LogP contribution in [0.3, 0.4) is 0 Å². The molecule has 0 bridgehead atoms. The Balaban J connectivity index is 2.12. The summed E-state index contributed by atoms with van der Waals surface area (Å²) in [5.74, 6) is 0. The van der Waals surface area contributed by atoms with E-state index in [1.807, 2.05) is 24.3 Å². The fourth-order valence-corrected chi connectivity index (χ4v) is 3.34. The van der Waals surface area contributed by atoms with Crippen molar-refractivity contribution in [1.29, 1.82) is 0 Å². The van der Waals surface area contributed by atoms with E-state index >= 15 is 0 Å². The summed E-state index contributed by atoms with van der Waals surface area (Å²) in [6.07, 6.45) is 0. The Kier molecular flexibility index (Phi) is 3.45. The van der Waals surface area contributed by atoms with Crippen LogP contribution >= 0.6 is 23.6 Å². The van der Waals surface area contributed by atoms with E-state index in [4.69, 9.17) is 4.98 Å². The number of isothiocyanates is 1. The molecule has 0 aliphatic carbocycles. The Labute approximate surface area is 126 Å². The average molecular weight is 296 g/mol. The second-order valence-corrected chi connectivity index (χ2v) is 5.83. The maximum Gasteiger partial charge on any atom is 0.124 e. The molecule has 0 spiro atoms. The zero-order valence-electron chi connectivity index (χ0n) is 11.2. The van der Waals surface area contributed by atoms with Gasteiger partial charge in [0.1, 0.15) is 5.01 Å². The van der Waals surface area contributed by atoms with E-state index in [9.17, 15) is 0 Å². The number of aryl methyl sites for hydroxylation is 2. The quantitative estimate of drug-likeness (QED) is 0.472. The summed E-state index contributed by atoms with van der Waals surface area (Å²) >= 11 is 6.34. The number of rotatable bonds is 2. The summed E-state index contributed by atoms with van der Waals surface area (Å²) in [5, 5.41) is 3.41. The topological polar surface area (TPSA) is 25.2 Å². The lowest BCUT2D eigenvalue weighted by Crippen LogP contribution is -1.79. The van der Waals surface area contributed by atoms with E-state index in [-0.39, 0.29) is 0 Å². The highest BCUT2D eigenvalue weighted by molar-refractivity contribution is 7.78. The van der Waals surface area contributed by atoms with Crippen LogP contribution in [0.2, 0.25) is 0 Å². The van der Waals surface area contributed by atoms with Crippen LogP contribution in [0.1, 0.15) is 11.1 Å². The second kappa shape index (κ2) is 5.25. The minimum atomic E-state index is 0.817. The van der Waals surface area contributed by atoms with Crippen molar-refractivity contribution in [2.45, 2.75) is 13.8 Å². The van der Waals surface area contributed by atoms with Crippen LogP contribution in [0.5, 0.6) is 0 Å². The number of aliphatic imine (C=N–C) groups is 1. The standard InChI is InChI=1S/C16H12N2S2/c1-10-3-4-11(2)15-14(10)18-16(20-15)12-5-7-13(8-6-12)17-9-19/h3-8H,1-2H3. The van der Waals surface area contributed by atoms with Gasteiger partial charge in [0.05, 0.1) is 21.1 Å². The first-order valence-corrected chi connectivity index (χ1v) is 7.46. The van der Waals surface area contributed by atoms with Crippen molar-refractivity contribution in [1.82, 2.24) is 4.98 Å². The molecule has 0 saturated heterocycles. The van der Waals surface area contributed by atoms with Crippen LogP contribution in [0, 0.1) is 13.8 Å². The molecule has 0 atom stereocenters. The third-order valence-electron chi connectivity index (χ3n) is 3.23. The third kappa shape index (κ3) is 2.29. The van der Waals surface area contributed by atoms with Crippen LogP contribution in [-0.2, 0) is 0 Å². The lowest BCUT2D eigenvalue weighted by atomic mass is 10.1. The lowest BCUT2D eigenvalue weighted by Gasteiger charge is -1.96. The highest BCUT2D eigenvalue weighted by atomic mass is 32.1. The predicted molar refractivity (Wildman–Crippen MR) is 89.2 cm³/mol. The molecule has 2 aromatic carbocycles. The van der Waals surface area contributed by atoms with Gasteiger partial charge in [-0.3, -0.25) is 0 Å². The molecule has 0 N–H and O–H groups in total. The van der Waals surface area contributed by atoms with Crippen molar-refractivity contribution in [2.75, 3.05) is 0 Å². The number of aromatic nitrogens is 1. The second-order valence-electron chi connectivity index (χ2n) is 4.65. The van der Waals surface area contributed by atoms with Crippen LogP contribution in [0.15, 0.2) is 41.4 Å². The molecule has 98 valence electrons. The first-order chi connectivity index (χ1) is 9.69. The van der Waals surface area contributed by atoms with E-state index < -0.39 is 0 Å². The molecule has 1 aromatic heterocycles. The largest absolute Gasteiger partial charge is 0.236 e. The zero-order valence-corrected chi connectivity index (χ0v) is 12.8. The number of hydrogen-bond acceptors (Lipinski definition) is 4. The van der Waals surface area contributed by atoms with Gasteiger partial charge in [-0.05, 0) is 61.5 Å². The highest BCUT2D eigenvalue weighted by Crippen LogP contribution is 2.34. The van der Waals surface area contributed by atoms with Gasteiger partial charge < -0.3 is 0 Å². The summed E-state index contributed by atoms with van der Waals surface area (Å²) in [6, 6.07) is 12.2. The van der Waals surface area contributed by atoms with E-state index in [2.05, 4.69) is 48.4 Å².